The van der Waals surface area contributed by atoms with E-state index in [1.165, 1.54) is 0 Å². The van der Waals surface area contributed by atoms with Gasteiger partial charge in [-0.3, -0.25) is 4.79 Å². The molecule has 6 heteroatoms. The van der Waals surface area contributed by atoms with Gasteiger partial charge in [-0.15, -0.1) is 12.4 Å². The number of hydrogen-bond donors (Lipinski definition) is 2. The summed E-state index contributed by atoms with van der Waals surface area (Å²) >= 11 is 0. The molecule has 1 amide bonds. The Bertz CT molecular complexity index is 590. The van der Waals surface area contributed by atoms with Crippen LogP contribution in [-0.4, -0.2) is 31.7 Å². The molecular formula is C16H21ClN2O3. The number of halogens is 1. The Hall–Kier alpha value is -1.56. The van der Waals surface area contributed by atoms with Crippen LogP contribution in [0.1, 0.15) is 25.1 Å². The molecule has 5 nitrogen and oxygen atoms in total. The Labute approximate surface area is 135 Å². The third-order valence-corrected chi connectivity index (χ3v) is 3.67. The van der Waals surface area contributed by atoms with E-state index in [0.717, 1.165) is 29.8 Å². The summed E-state index contributed by atoms with van der Waals surface area (Å²) in [6.45, 7) is 4.17. The van der Waals surface area contributed by atoms with Gasteiger partial charge in [0.05, 0.1) is 25.2 Å². The van der Waals surface area contributed by atoms with E-state index in [0.29, 0.717) is 13.0 Å². The zero-order valence-electron chi connectivity index (χ0n) is 12.5. The number of furan rings is 1. The van der Waals surface area contributed by atoms with Gasteiger partial charge in [0.25, 0.3) is 0 Å². The molecule has 1 aromatic heterocycles. The van der Waals surface area contributed by atoms with Gasteiger partial charge < -0.3 is 19.8 Å². The van der Waals surface area contributed by atoms with Crippen LogP contribution in [0, 0.1) is 0 Å². The molecule has 1 fully saturated rings. The number of nitrogens with one attached hydrogen (secondary N) is 2. The molecule has 0 spiro atoms. The number of amides is 1. The largest absolute Gasteiger partial charge is 0.459 e. The number of para-hydroxylation sites is 1. The zero-order chi connectivity index (χ0) is 14.7. The van der Waals surface area contributed by atoms with E-state index in [-0.39, 0.29) is 30.5 Å². The molecule has 0 bridgehead atoms. The van der Waals surface area contributed by atoms with Crippen molar-refractivity contribution in [2.75, 3.05) is 19.7 Å². The lowest BCUT2D eigenvalue weighted by atomic mass is 10.2. The molecule has 1 aliphatic heterocycles. The molecule has 1 saturated heterocycles. The van der Waals surface area contributed by atoms with Crippen molar-refractivity contribution < 1.29 is 13.9 Å². The highest BCUT2D eigenvalue weighted by Gasteiger charge is 2.20. The van der Waals surface area contributed by atoms with Crippen molar-refractivity contribution in [3.05, 3.63) is 36.1 Å². The van der Waals surface area contributed by atoms with Gasteiger partial charge in [-0.1, -0.05) is 18.2 Å². The topological polar surface area (TPSA) is 63.5 Å². The second kappa shape index (κ2) is 7.63. The quantitative estimate of drug-likeness (QED) is 0.906. The Morgan fingerprint density at radius 2 is 2.27 bits per heavy atom. The molecule has 120 valence electrons. The highest BCUT2D eigenvalue weighted by Crippen LogP contribution is 2.23. The molecule has 22 heavy (non-hydrogen) atoms. The SMILES string of the molecule is CC(NC(=O)CC1CNCCO1)c1cc2ccccc2o1.Cl. The van der Waals surface area contributed by atoms with Gasteiger partial charge in [-0.05, 0) is 19.1 Å². The van der Waals surface area contributed by atoms with Gasteiger partial charge in [0.1, 0.15) is 11.3 Å². The van der Waals surface area contributed by atoms with Crippen LogP contribution in [0.15, 0.2) is 34.7 Å². The first kappa shape index (κ1) is 16.8. The summed E-state index contributed by atoms with van der Waals surface area (Å²) in [6, 6.07) is 9.65. The molecule has 0 saturated carbocycles. The maximum absolute atomic E-state index is 12.0. The van der Waals surface area contributed by atoms with Crippen molar-refractivity contribution in [3.8, 4) is 0 Å². The number of benzene rings is 1. The van der Waals surface area contributed by atoms with E-state index in [9.17, 15) is 4.79 Å². The molecule has 2 N–H and O–H groups in total. The fourth-order valence-corrected chi connectivity index (χ4v) is 2.54. The number of carbonyl (C=O) groups excluding carboxylic acids is 1. The van der Waals surface area contributed by atoms with E-state index in [1.54, 1.807) is 0 Å². The molecule has 2 unspecified atom stereocenters. The summed E-state index contributed by atoms with van der Waals surface area (Å²) in [5.41, 5.74) is 0.841. The standard InChI is InChI=1S/C16H20N2O3.ClH/c1-11(15-8-12-4-2-3-5-14(12)21-15)18-16(19)9-13-10-17-6-7-20-13;/h2-5,8,11,13,17H,6-7,9-10H2,1H3,(H,18,19);1H. The van der Waals surface area contributed by atoms with Crippen molar-refractivity contribution in [2.24, 2.45) is 0 Å². The van der Waals surface area contributed by atoms with E-state index in [2.05, 4.69) is 10.6 Å². The van der Waals surface area contributed by atoms with Gasteiger partial charge in [0.2, 0.25) is 5.91 Å². The minimum atomic E-state index is -0.151. The smallest absolute Gasteiger partial charge is 0.223 e. The van der Waals surface area contributed by atoms with Crippen LogP contribution < -0.4 is 10.6 Å². The normalized spacial score (nSPS) is 19.4. The van der Waals surface area contributed by atoms with Crippen molar-refractivity contribution in [3.63, 3.8) is 0 Å². The zero-order valence-corrected chi connectivity index (χ0v) is 13.3. The molecule has 0 aliphatic carbocycles. The summed E-state index contributed by atoms with van der Waals surface area (Å²) in [5.74, 6) is 0.754. The molecular weight excluding hydrogens is 304 g/mol. The Kier molecular flexibility index (Phi) is 5.83. The molecule has 2 atom stereocenters. The number of hydrogen-bond acceptors (Lipinski definition) is 4. The van der Waals surface area contributed by atoms with E-state index in [4.69, 9.17) is 9.15 Å². The van der Waals surface area contributed by atoms with Gasteiger partial charge in [-0.2, -0.15) is 0 Å². The maximum Gasteiger partial charge on any atom is 0.223 e. The van der Waals surface area contributed by atoms with Crippen LogP contribution in [0.2, 0.25) is 0 Å². The third-order valence-electron chi connectivity index (χ3n) is 3.67. The average Bonchev–Trinajstić information content (AvgIpc) is 2.92. The predicted octanol–water partition coefficient (Wildman–Crippen LogP) is 2.41. The van der Waals surface area contributed by atoms with Gasteiger partial charge in [0, 0.05) is 18.5 Å². The third kappa shape index (κ3) is 4.00. The highest BCUT2D eigenvalue weighted by molar-refractivity contribution is 5.85. The van der Waals surface area contributed by atoms with Gasteiger partial charge >= 0.3 is 0 Å². The first-order valence-electron chi connectivity index (χ1n) is 7.32. The summed E-state index contributed by atoms with van der Waals surface area (Å²) in [7, 11) is 0. The van der Waals surface area contributed by atoms with E-state index in [1.807, 2.05) is 37.3 Å². The minimum absolute atomic E-state index is 0. The van der Waals surface area contributed by atoms with Crippen LogP contribution in [0.5, 0.6) is 0 Å². The first-order valence-corrected chi connectivity index (χ1v) is 7.32. The van der Waals surface area contributed by atoms with E-state index < -0.39 is 0 Å². The number of ether oxygens (including phenoxy) is 1. The Morgan fingerprint density at radius 1 is 1.45 bits per heavy atom. The summed E-state index contributed by atoms with van der Waals surface area (Å²) in [6.07, 6.45) is 0.332. The first-order chi connectivity index (χ1) is 10.2. The summed E-state index contributed by atoms with van der Waals surface area (Å²) in [4.78, 5) is 12.0. The molecule has 1 aromatic carbocycles. The van der Waals surface area contributed by atoms with Crippen molar-refractivity contribution >= 4 is 29.3 Å². The maximum atomic E-state index is 12.0. The number of rotatable bonds is 4. The van der Waals surface area contributed by atoms with Crippen molar-refractivity contribution in [2.45, 2.75) is 25.5 Å². The van der Waals surface area contributed by atoms with Gasteiger partial charge in [0.15, 0.2) is 0 Å². The average molecular weight is 325 g/mol. The lowest BCUT2D eigenvalue weighted by molar-refractivity contribution is -0.125. The molecule has 3 rings (SSSR count). The second-order valence-electron chi connectivity index (χ2n) is 5.38. The number of carbonyl (C=O) groups is 1. The fourth-order valence-electron chi connectivity index (χ4n) is 2.54. The van der Waals surface area contributed by atoms with Crippen LogP contribution in [-0.2, 0) is 9.53 Å². The van der Waals surface area contributed by atoms with Crippen molar-refractivity contribution in [1.29, 1.82) is 0 Å². The number of fused-ring (bicyclic) bond motifs is 1. The number of morpholine rings is 1. The molecule has 1 aliphatic rings. The summed E-state index contributed by atoms with van der Waals surface area (Å²) < 4.78 is 11.3. The van der Waals surface area contributed by atoms with Gasteiger partial charge in [-0.25, -0.2) is 0 Å². The molecule has 2 aromatic rings. The Balaban J connectivity index is 0.00000176. The molecule has 2 heterocycles. The minimum Gasteiger partial charge on any atom is -0.459 e. The van der Waals surface area contributed by atoms with Crippen LogP contribution in [0.4, 0.5) is 0 Å². The predicted molar refractivity (Wildman–Crippen MR) is 87.2 cm³/mol. The van der Waals surface area contributed by atoms with E-state index >= 15 is 0 Å². The Morgan fingerprint density at radius 3 is 3.00 bits per heavy atom. The monoisotopic (exact) mass is 324 g/mol. The fraction of sp³-hybridized carbons (Fsp3) is 0.438. The summed E-state index contributed by atoms with van der Waals surface area (Å²) in [5, 5.41) is 7.23. The highest BCUT2D eigenvalue weighted by atomic mass is 35.5. The van der Waals surface area contributed by atoms with Crippen LogP contribution >= 0.6 is 12.4 Å². The van der Waals surface area contributed by atoms with Crippen LogP contribution in [0.3, 0.4) is 0 Å². The lowest BCUT2D eigenvalue weighted by Crippen LogP contribution is -2.41. The van der Waals surface area contributed by atoms with Crippen molar-refractivity contribution in [1.82, 2.24) is 10.6 Å². The second-order valence-corrected chi connectivity index (χ2v) is 5.38. The lowest BCUT2D eigenvalue weighted by Gasteiger charge is -2.23. The molecule has 0 radical (unpaired) electrons. The van der Waals surface area contributed by atoms with Crippen LogP contribution in [0.25, 0.3) is 11.0 Å².